The minimum absolute atomic E-state index is 0.151. The van der Waals surface area contributed by atoms with Gasteiger partial charge in [-0.15, -0.1) is 0 Å². The molecule has 1 aromatic rings. The van der Waals surface area contributed by atoms with E-state index in [9.17, 15) is 0 Å². The fraction of sp³-hybridized carbons (Fsp3) is 0.529. The van der Waals surface area contributed by atoms with Crippen LogP contribution >= 0.6 is 0 Å². The summed E-state index contributed by atoms with van der Waals surface area (Å²) in [5.74, 6) is 0. The van der Waals surface area contributed by atoms with Crippen LogP contribution in [0.15, 0.2) is 30.8 Å². The van der Waals surface area contributed by atoms with Gasteiger partial charge in [0, 0.05) is 18.8 Å². The van der Waals surface area contributed by atoms with Crippen molar-refractivity contribution in [2.75, 3.05) is 13.2 Å². The monoisotopic (exact) mass is 290 g/mol. The van der Waals surface area contributed by atoms with Crippen molar-refractivity contribution in [1.82, 2.24) is 0 Å². The van der Waals surface area contributed by atoms with Crippen LogP contribution in [0.25, 0.3) is 6.08 Å². The Kier molecular flexibility index (Phi) is 8.50. The molecule has 20 heavy (non-hydrogen) atoms. The van der Waals surface area contributed by atoms with Gasteiger partial charge in [0.05, 0.1) is 6.10 Å². The van der Waals surface area contributed by atoms with E-state index in [-0.39, 0.29) is 6.10 Å². The maximum atomic E-state index is 6.17. The van der Waals surface area contributed by atoms with Crippen LogP contribution in [0.3, 0.4) is 0 Å². The molecule has 0 fully saturated rings. The van der Waals surface area contributed by atoms with Gasteiger partial charge in [-0.25, -0.2) is 0 Å². The van der Waals surface area contributed by atoms with E-state index in [1.165, 1.54) is 11.1 Å². The van der Waals surface area contributed by atoms with Crippen LogP contribution in [0, 0.1) is 0 Å². The SMILES string of the molecule is C=Cc1ccccc1C(CC)O[Si]C(CC)COCC. The summed E-state index contributed by atoms with van der Waals surface area (Å²) < 4.78 is 11.7. The van der Waals surface area contributed by atoms with E-state index in [0.717, 1.165) is 26.1 Å². The molecule has 0 saturated carbocycles. The molecule has 110 valence electrons. The highest BCUT2D eigenvalue weighted by Crippen LogP contribution is 2.26. The van der Waals surface area contributed by atoms with Gasteiger partial charge >= 0.3 is 0 Å². The van der Waals surface area contributed by atoms with Crippen molar-refractivity contribution in [3.05, 3.63) is 42.0 Å². The first-order chi connectivity index (χ1) is 9.76. The zero-order chi connectivity index (χ0) is 14.8. The van der Waals surface area contributed by atoms with Gasteiger partial charge in [0.2, 0.25) is 9.76 Å². The molecule has 0 amide bonds. The second-order valence-corrected chi connectivity index (χ2v) is 6.02. The Morgan fingerprint density at radius 3 is 2.55 bits per heavy atom. The molecule has 0 aliphatic rings. The van der Waals surface area contributed by atoms with Crippen molar-refractivity contribution in [2.45, 2.75) is 45.3 Å². The quantitative estimate of drug-likeness (QED) is 0.584. The fourth-order valence-corrected chi connectivity index (χ4v) is 3.03. The van der Waals surface area contributed by atoms with Crippen LogP contribution < -0.4 is 0 Å². The second kappa shape index (κ2) is 9.92. The highest BCUT2D eigenvalue weighted by Gasteiger charge is 2.16. The van der Waals surface area contributed by atoms with Crippen LogP contribution in [0.4, 0.5) is 0 Å². The molecule has 0 aliphatic carbocycles. The van der Waals surface area contributed by atoms with Gasteiger partial charge in [-0.2, -0.15) is 0 Å². The third kappa shape index (κ3) is 5.23. The number of hydrogen-bond donors (Lipinski definition) is 0. The minimum atomic E-state index is 0.151. The van der Waals surface area contributed by atoms with Gasteiger partial charge in [-0.3, -0.25) is 0 Å². The molecule has 2 atom stereocenters. The predicted octanol–water partition coefficient (Wildman–Crippen LogP) is 4.65. The highest BCUT2D eigenvalue weighted by atomic mass is 28.2. The molecule has 0 aromatic heterocycles. The Morgan fingerprint density at radius 1 is 1.20 bits per heavy atom. The number of hydrogen-bond acceptors (Lipinski definition) is 2. The van der Waals surface area contributed by atoms with Crippen LogP contribution in [0.1, 0.15) is 50.8 Å². The van der Waals surface area contributed by atoms with E-state index in [1.54, 1.807) is 0 Å². The van der Waals surface area contributed by atoms with Gasteiger partial charge < -0.3 is 9.16 Å². The maximum Gasteiger partial charge on any atom is 0.236 e. The predicted molar refractivity (Wildman–Crippen MR) is 86.9 cm³/mol. The summed E-state index contributed by atoms with van der Waals surface area (Å²) in [7, 11) is 0.484. The Bertz CT molecular complexity index is 392. The molecule has 1 aromatic carbocycles. The molecular formula is C17H26O2Si. The summed E-state index contributed by atoms with van der Waals surface area (Å²) in [5.41, 5.74) is 2.91. The van der Waals surface area contributed by atoms with E-state index < -0.39 is 0 Å². The number of rotatable bonds is 10. The molecular weight excluding hydrogens is 264 g/mol. The first-order valence-corrected chi connectivity index (χ1v) is 8.45. The summed E-state index contributed by atoms with van der Waals surface area (Å²) in [6, 6.07) is 8.34. The molecule has 0 bridgehead atoms. The average molecular weight is 290 g/mol. The molecule has 0 spiro atoms. The second-order valence-electron chi connectivity index (χ2n) is 4.73. The highest BCUT2D eigenvalue weighted by molar-refractivity contribution is 6.29. The van der Waals surface area contributed by atoms with Crippen molar-refractivity contribution >= 4 is 15.8 Å². The van der Waals surface area contributed by atoms with E-state index in [4.69, 9.17) is 9.16 Å². The minimum Gasteiger partial charge on any atom is -0.410 e. The molecule has 1 rings (SSSR count). The summed E-state index contributed by atoms with van der Waals surface area (Å²) in [5, 5.41) is 0. The zero-order valence-electron chi connectivity index (χ0n) is 12.9. The molecule has 2 nitrogen and oxygen atoms in total. The number of benzene rings is 1. The maximum absolute atomic E-state index is 6.17. The normalized spacial score (nSPS) is 13.9. The van der Waals surface area contributed by atoms with Crippen molar-refractivity contribution < 1.29 is 9.16 Å². The molecule has 2 unspecified atom stereocenters. The van der Waals surface area contributed by atoms with Crippen molar-refractivity contribution in [2.24, 2.45) is 0 Å². The number of ether oxygens (including phenoxy) is 1. The van der Waals surface area contributed by atoms with E-state index in [2.05, 4.69) is 38.6 Å². The lowest BCUT2D eigenvalue weighted by Crippen LogP contribution is -2.17. The van der Waals surface area contributed by atoms with E-state index in [0.29, 0.717) is 15.3 Å². The average Bonchev–Trinajstić information content (AvgIpc) is 2.51. The third-order valence-corrected chi connectivity index (χ3v) is 4.66. The van der Waals surface area contributed by atoms with E-state index in [1.807, 2.05) is 19.1 Å². The molecule has 0 heterocycles. The van der Waals surface area contributed by atoms with Crippen LogP contribution in [-0.2, 0) is 9.16 Å². The van der Waals surface area contributed by atoms with Gasteiger partial charge in [0.25, 0.3) is 0 Å². The lowest BCUT2D eigenvalue weighted by atomic mass is 10.0. The Labute approximate surface area is 126 Å². The fourth-order valence-electron chi connectivity index (χ4n) is 2.03. The molecule has 0 N–H and O–H groups in total. The Hall–Kier alpha value is -0.903. The van der Waals surface area contributed by atoms with Crippen molar-refractivity contribution in [3.63, 3.8) is 0 Å². The molecule has 3 heteroatoms. The summed E-state index contributed by atoms with van der Waals surface area (Å²) in [6.07, 6.45) is 4.13. The first-order valence-electron chi connectivity index (χ1n) is 7.46. The lowest BCUT2D eigenvalue weighted by molar-refractivity contribution is 0.134. The van der Waals surface area contributed by atoms with Crippen LogP contribution in [0.5, 0.6) is 0 Å². The Morgan fingerprint density at radius 2 is 1.95 bits per heavy atom. The van der Waals surface area contributed by atoms with Gasteiger partial charge in [0.15, 0.2) is 0 Å². The zero-order valence-corrected chi connectivity index (χ0v) is 13.9. The third-order valence-electron chi connectivity index (χ3n) is 3.33. The summed E-state index contributed by atoms with van der Waals surface area (Å²) >= 11 is 0. The standard InChI is InChI=1S/C17H26O2Si/c1-5-14-11-9-10-12-16(14)17(7-3)19-20-15(6-2)13-18-8-4/h5,9-12,15,17H,1,6-8,13H2,2-4H3. The summed E-state index contributed by atoms with van der Waals surface area (Å²) in [6.45, 7) is 11.9. The van der Waals surface area contributed by atoms with Crippen LogP contribution in [-0.4, -0.2) is 23.0 Å². The lowest BCUT2D eigenvalue weighted by Gasteiger charge is -2.21. The van der Waals surface area contributed by atoms with Crippen molar-refractivity contribution in [3.8, 4) is 0 Å². The van der Waals surface area contributed by atoms with Crippen molar-refractivity contribution in [1.29, 1.82) is 0 Å². The summed E-state index contributed by atoms with van der Waals surface area (Å²) in [4.78, 5) is 0. The largest absolute Gasteiger partial charge is 0.410 e. The first kappa shape index (κ1) is 17.1. The smallest absolute Gasteiger partial charge is 0.236 e. The van der Waals surface area contributed by atoms with Gasteiger partial charge in [-0.05, 0) is 24.5 Å². The van der Waals surface area contributed by atoms with Gasteiger partial charge in [0.1, 0.15) is 0 Å². The topological polar surface area (TPSA) is 18.5 Å². The molecule has 2 radical (unpaired) electrons. The van der Waals surface area contributed by atoms with Gasteiger partial charge in [-0.1, -0.05) is 57.2 Å². The van der Waals surface area contributed by atoms with Crippen LogP contribution in [0.2, 0.25) is 5.54 Å². The molecule has 0 aliphatic heterocycles. The molecule has 0 saturated heterocycles. The Balaban J connectivity index is 2.64. The van der Waals surface area contributed by atoms with E-state index >= 15 is 0 Å².